The van der Waals surface area contributed by atoms with E-state index in [0.29, 0.717) is 5.92 Å². The normalized spacial score (nSPS) is 48.6. The Labute approximate surface area is 95.3 Å². The molecule has 2 N–H and O–H groups in total. The van der Waals surface area contributed by atoms with E-state index in [4.69, 9.17) is 0 Å². The van der Waals surface area contributed by atoms with Crippen LogP contribution in [0.5, 0.6) is 0 Å². The summed E-state index contributed by atoms with van der Waals surface area (Å²) in [5, 5.41) is 22.1. The summed E-state index contributed by atoms with van der Waals surface area (Å²) in [5.41, 5.74) is 0.845. The number of rotatable bonds is 2. The van der Waals surface area contributed by atoms with Crippen molar-refractivity contribution in [1.82, 2.24) is 9.80 Å². The predicted molar refractivity (Wildman–Crippen MR) is 59.7 cm³/mol. The molecule has 4 aliphatic rings. The van der Waals surface area contributed by atoms with E-state index in [2.05, 4.69) is 15.0 Å². The summed E-state index contributed by atoms with van der Waals surface area (Å²) < 4.78 is 0. The van der Waals surface area contributed by atoms with Crippen LogP contribution in [0.2, 0.25) is 0 Å². The first kappa shape index (κ1) is 10.5. The van der Waals surface area contributed by atoms with E-state index in [1.165, 1.54) is 0 Å². The molecule has 5 heteroatoms. The number of aliphatic hydroxyl groups is 1. The van der Waals surface area contributed by atoms with Crippen LogP contribution in [0, 0.1) is 11.3 Å². The molecule has 90 valence electrons. The molecule has 0 aliphatic carbocycles. The van der Waals surface area contributed by atoms with E-state index in [9.17, 15) is 10.3 Å². The molecule has 2 atom stereocenters. The van der Waals surface area contributed by atoms with Gasteiger partial charge in [-0.3, -0.25) is 0 Å². The van der Waals surface area contributed by atoms with Gasteiger partial charge in [-0.1, -0.05) is 5.16 Å². The zero-order chi connectivity index (χ0) is 11.2. The molecule has 5 nitrogen and oxygen atoms in total. The standard InChI is InChI=1S/C11H19N3O2/c15-4-1-11-7-13-2-3-14(8-11)6-9(5-13)10(11)12-16/h9,15-16H,1-8H2. The fourth-order valence-electron chi connectivity index (χ4n) is 3.80. The Bertz CT molecular complexity index is 302. The Kier molecular flexibility index (Phi) is 2.42. The lowest BCUT2D eigenvalue weighted by molar-refractivity contribution is 0.0877. The van der Waals surface area contributed by atoms with Crippen LogP contribution in [0.1, 0.15) is 6.42 Å². The largest absolute Gasteiger partial charge is 0.411 e. The van der Waals surface area contributed by atoms with Crippen molar-refractivity contribution in [3.05, 3.63) is 0 Å². The van der Waals surface area contributed by atoms with Crippen molar-refractivity contribution in [2.24, 2.45) is 16.5 Å². The maximum atomic E-state index is 9.26. The van der Waals surface area contributed by atoms with Crippen LogP contribution >= 0.6 is 0 Å². The van der Waals surface area contributed by atoms with Crippen LogP contribution in [-0.4, -0.2) is 71.7 Å². The molecule has 4 saturated heterocycles. The van der Waals surface area contributed by atoms with Gasteiger partial charge in [-0.05, 0) is 6.42 Å². The lowest BCUT2D eigenvalue weighted by Gasteiger charge is -2.49. The van der Waals surface area contributed by atoms with Gasteiger partial charge in [0, 0.05) is 57.2 Å². The highest BCUT2D eigenvalue weighted by Gasteiger charge is 2.52. The van der Waals surface area contributed by atoms with Crippen molar-refractivity contribution in [3.8, 4) is 0 Å². The number of piperidine rings is 2. The summed E-state index contributed by atoms with van der Waals surface area (Å²) in [5.74, 6) is 0.363. The van der Waals surface area contributed by atoms with Crippen molar-refractivity contribution in [2.45, 2.75) is 6.42 Å². The summed E-state index contributed by atoms with van der Waals surface area (Å²) in [6, 6.07) is 0. The highest BCUT2D eigenvalue weighted by molar-refractivity contribution is 5.94. The Morgan fingerprint density at radius 1 is 1.25 bits per heavy atom. The van der Waals surface area contributed by atoms with Crippen LogP contribution < -0.4 is 0 Å². The van der Waals surface area contributed by atoms with E-state index < -0.39 is 0 Å². The van der Waals surface area contributed by atoms with Gasteiger partial charge >= 0.3 is 0 Å². The average Bonchev–Trinajstić information content (AvgIpc) is 2.47. The van der Waals surface area contributed by atoms with Gasteiger partial charge in [0.15, 0.2) is 0 Å². The molecule has 0 aromatic heterocycles. The molecule has 4 heterocycles. The highest BCUT2D eigenvalue weighted by Crippen LogP contribution is 2.40. The third-order valence-electron chi connectivity index (χ3n) is 4.37. The van der Waals surface area contributed by atoms with Gasteiger partial charge in [-0.2, -0.15) is 0 Å². The smallest absolute Gasteiger partial charge is 0.0715 e. The Morgan fingerprint density at radius 3 is 2.38 bits per heavy atom. The lowest BCUT2D eigenvalue weighted by Crippen LogP contribution is -2.61. The third kappa shape index (κ3) is 1.38. The van der Waals surface area contributed by atoms with Gasteiger partial charge in [0.1, 0.15) is 0 Å². The van der Waals surface area contributed by atoms with Gasteiger partial charge < -0.3 is 20.1 Å². The van der Waals surface area contributed by atoms with Gasteiger partial charge in [0.2, 0.25) is 0 Å². The summed E-state index contributed by atoms with van der Waals surface area (Å²) >= 11 is 0. The molecule has 0 aromatic rings. The predicted octanol–water partition coefficient (Wildman–Crippen LogP) is -0.554. The molecule has 0 radical (unpaired) electrons. The molecule has 0 spiro atoms. The number of oxime groups is 1. The highest BCUT2D eigenvalue weighted by atomic mass is 16.4. The molecule has 2 unspecified atom stereocenters. The van der Waals surface area contributed by atoms with E-state index in [-0.39, 0.29) is 12.0 Å². The molecule has 4 rings (SSSR count). The van der Waals surface area contributed by atoms with Crippen LogP contribution in [0.15, 0.2) is 5.16 Å². The molecule has 0 amide bonds. The van der Waals surface area contributed by atoms with E-state index >= 15 is 0 Å². The monoisotopic (exact) mass is 225 g/mol. The van der Waals surface area contributed by atoms with Crippen LogP contribution in [0.25, 0.3) is 0 Å². The maximum Gasteiger partial charge on any atom is 0.0715 e. The van der Waals surface area contributed by atoms with Crippen molar-refractivity contribution in [3.63, 3.8) is 0 Å². The van der Waals surface area contributed by atoms with Crippen LogP contribution in [0.4, 0.5) is 0 Å². The zero-order valence-electron chi connectivity index (χ0n) is 9.47. The Balaban J connectivity index is 1.99. The van der Waals surface area contributed by atoms with Gasteiger partial charge in [-0.15, -0.1) is 0 Å². The first-order valence-corrected chi connectivity index (χ1v) is 6.05. The first-order chi connectivity index (χ1) is 7.77. The third-order valence-corrected chi connectivity index (χ3v) is 4.37. The van der Waals surface area contributed by atoms with Gasteiger partial charge in [0.25, 0.3) is 0 Å². The minimum atomic E-state index is -0.0961. The fourth-order valence-corrected chi connectivity index (χ4v) is 3.80. The molecule has 16 heavy (non-hydrogen) atoms. The van der Waals surface area contributed by atoms with Crippen molar-refractivity contribution < 1.29 is 10.3 Å². The molecular formula is C11H19N3O2. The molecule has 4 fully saturated rings. The lowest BCUT2D eigenvalue weighted by atomic mass is 9.69. The number of nitrogens with zero attached hydrogens (tertiary/aromatic N) is 3. The number of hydrogen-bond donors (Lipinski definition) is 2. The van der Waals surface area contributed by atoms with Gasteiger partial charge in [-0.25, -0.2) is 0 Å². The number of aliphatic hydroxyl groups excluding tert-OH is 1. The van der Waals surface area contributed by atoms with Crippen molar-refractivity contribution >= 4 is 5.71 Å². The summed E-state index contributed by atoms with van der Waals surface area (Å²) in [6.45, 7) is 6.32. The topological polar surface area (TPSA) is 59.3 Å². The Morgan fingerprint density at radius 2 is 1.88 bits per heavy atom. The van der Waals surface area contributed by atoms with Crippen molar-refractivity contribution in [1.29, 1.82) is 0 Å². The maximum absolute atomic E-state index is 9.26. The molecule has 0 saturated carbocycles. The minimum Gasteiger partial charge on any atom is -0.411 e. The average molecular weight is 225 g/mol. The van der Waals surface area contributed by atoms with Gasteiger partial charge in [0.05, 0.1) is 5.71 Å². The number of hydrogen-bond acceptors (Lipinski definition) is 5. The second-order valence-corrected chi connectivity index (χ2v) is 5.41. The van der Waals surface area contributed by atoms with Crippen LogP contribution in [0.3, 0.4) is 0 Å². The van der Waals surface area contributed by atoms with E-state index in [0.717, 1.165) is 51.4 Å². The quantitative estimate of drug-likeness (QED) is 0.489. The minimum absolute atomic E-state index is 0.0961. The SMILES string of the molecule is OCCC12CN3CCN(CC(C3)C1=NO)C2. The summed E-state index contributed by atoms with van der Waals surface area (Å²) in [6.07, 6.45) is 0.718. The molecule has 4 bridgehead atoms. The second kappa shape index (κ2) is 3.68. The van der Waals surface area contributed by atoms with E-state index in [1.807, 2.05) is 0 Å². The fraction of sp³-hybridized carbons (Fsp3) is 0.909. The zero-order valence-corrected chi connectivity index (χ0v) is 9.47. The molecule has 0 aromatic carbocycles. The van der Waals surface area contributed by atoms with E-state index in [1.54, 1.807) is 0 Å². The van der Waals surface area contributed by atoms with Crippen LogP contribution in [-0.2, 0) is 0 Å². The second-order valence-electron chi connectivity index (χ2n) is 5.41. The summed E-state index contributed by atoms with van der Waals surface area (Å²) in [4.78, 5) is 4.92. The first-order valence-electron chi connectivity index (χ1n) is 6.05. The molecule has 4 aliphatic heterocycles. The number of fused-ring (bicyclic) bond motifs is 1. The van der Waals surface area contributed by atoms with Crippen molar-refractivity contribution in [2.75, 3.05) is 45.9 Å². The molecular weight excluding hydrogens is 206 g/mol. The Hall–Kier alpha value is -0.650. The summed E-state index contributed by atoms with van der Waals surface area (Å²) in [7, 11) is 0.